The summed E-state index contributed by atoms with van der Waals surface area (Å²) in [4.78, 5) is 24.2. The minimum absolute atomic E-state index is 0.302. The molecule has 1 heterocycles. The first kappa shape index (κ1) is 23.8. The number of ether oxygens (including phenoxy) is 1. The van der Waals surface area contributed by atoms with Gasteiger partial charge in [0.1, 0.15) is 17.1 Å². The molecule has 3 N–H and O–H groups in total. The van der Waals surface area contributed by atoms with Gasteiger partial charge in [-0.3, -0.25) is 9.59 Å². The van der Waals surface area contributed by atoms with Gasteiger partial charge in [-0.05, 0) is 68.3 Å². The van der Waals surface area contributed by atoms with Crippen molar-refractivity contribution in [2.24, 2.45) is 5.73 Å². The lowest BCUT2D eigenvalue weighted by Crippen LogP contribution is -2.13. The van der Waals surface area contributed by atoms with Crippen molar-refractivity contribution in [3.63, 3.8) is 0 Å². The van der Waals surface area contributed by atoms with E-state index in [1.165, 1.54) is 24.3 Å². The van der Waals surface area contributed by atoms with Gasteiger partial charge in [0.25, 0.3) is 0 Å². The van der Waals surface area contributed by atoms with Gasteiger partial charge < -0.3 is 20.2 Å². The summed E-state index contributed by atoms with van der Waals surface area (Å²) in [5, 5.41) is 3.59. The van der Waals surface area contributed by atoms with Crippen LogP contribution >= 0.6 is 0 Å². The van der Waals surface area contributed by atoms with Crippen molar-refractivity contribution >= 4 is 34.0 Å². The SMILES string of the molecule is CCOc1c(/C(C)=C/C(=O)Nc2cccc(C(N)=O)c2)cc2c(-c3ccc(F)cc3)coc2c1C. The molecule has 0 aliphatic carbocycles. The molecule has 4 aromatic rings. The minimum atomic E-state index is -0.574. The summed E-state index contributed by atoms with van der Waals surface area (Å²) in [7, 11) is 0. The second kappa shape index (κ2) is 9.85. The lowest BCUT2D eigenvalue weighted by molar-refractivity contribution is -0.111. The molecule has 0 spiro atoms. The fourth-order valence-electron chi connectivity index (χ4n) is 4.00. The average Bonchev–Trinajstić information content (AvgIpc) is 3.25. The summed E-state index contributed by atoms with van der Waals surface area (Å²) in [5.74, 6) is -0.634. The predicted octanol–water partition coefficient (Wildman–Crippen LogP) is 6.09. The van der Waals surface area contributed by atoms with Crippen LogP contribution in [0.5, 0.6) is 5.75 Å². The molecular formula is C28H25FN2O4. The molecular weight excluding hydrogens is 447 g/mol. The number of benzene rings is 3. The van der Waals surface area contributed by atoms with Gasteiger partial charge in [-0.1, -0.05) is 18.2 Å². The number of halogens is 1. The van der Waals surface area contributed by atoms with E-state index in [0.717, 1.165) is 27.6 Å². The molecule has 4 rings (SSSR count). The summed E-state index contributed by atoms with van der Waals surface area (Å²) >= 11 is 0. The molecule has 3 aromatic carbocycles. The highest BCUT2D eigenvalue weighted by molar-refractivity contribution is 6.06. The number of fused-ring (bicyclic) bond motifs is 1. The van der Waals surface area contributed by atoms with E-state index in [4.69, 9.17) is 14.9 Å². The van der Waals surface area contributed by atoms with Crippen LogP contribution in [0.1, 0.15) is 35.3 Å². The van der Waals surface area contributed by atoms with Crippen LogP contribution in [0.3, 0.4) is 0 Å². The Bertz CT molecular complexity index is 1450. The summed E-state index contributed by atoms with van der Waals surface area (Å²) in [5.41, 5.74) is 10.6. The molecule has 2 amide bonds. The zero-order valence-electron chi connectivity index (χ0n) is 19.6. The minimum Gasteiger partial charge on any atom is -0.493 e. The third-order valence-electron chi connectivity index (χ3n) is 5.67. The molecule has 6 nitrogen and oxygen atoms in total. The first-order valence-corrected chi connectivity index (χ1v) is 11.1. The molecule has 0 fully saturated rings. The molecule has 7 heteroatoms. The third kappa shape index (κ3) is 4.94. The first-order chi connectivity index (χ1) is 16.8. The Morgan fingerprint density at radius 3 is 2.57 bits per heavy atom. The van der Waals surface area contributed by atoms with E-state index >= 15 is 0 Å². The fourth-order valence-corrected chi connectivity index (χ4v) is 4.00. The van der Waals surface area contributed by atoms with Crippen molar-refractivity contribution in [1.29, 1.82) is 0 Å². The number of primary amides is 1. The van der Waals surface area contributed by atoms with Crippen molar-refractivity contribution in [2.45, 2.75) is 20.8 Å². The standard InChI is InChI=1S/C28H25FN2O4/c1-4-34-26-17(3)27-23(24(15-35-27)18-8-10-20(29)11-9-18)14-22(26)16(2)12-25(32)31-21-7-5-6-19(13-21)28(30)33/h5-15H,4H2,1-3H3,(H2,30,33)(H,31,32)/b16-12+. The molecule has 0 radical (unpaired) electrons. The van der Waals surface area contributed by atoms with Crippen LogP contribution in [0.4, 0.5) is 10.1 Å². The topological polar surface area (TPSA) is 94.6 Å². The average molecular weight is 473 g/mol. The number of carbonyl (C=O) groups excluding carboxylic acids is 2. The van der Waals surface area contributed by atoms with Gasteiger partial charge >= 0.3 is 0 Å². The van der Waals surface area contributed by atoms with Crippen molar-refractivity contribution in [3.05, 3.63) is 89.4 Å². The number of rotatable bonds is 7. The summed E-state index contributed by atoms with van der Waals surface area (Å²) in [6.45, 7) is 6.04. The number of amides is 2. The van der Waals surface area contributed by atoms with Gasteiger partial charge in [0.15, 0.2) is 0 Å². The second-order valence-corrected chi connectivity index (χ2v) is 8.11. The zero-order chi connectivity index (χ0) is 25.1. The number of hydrogen-bond donors (Lipinski definition) is 2. The maximum atomic E-state index is 13.4. The molecule has 1 aromatic heterocycles. The van der Waals surface area contributed by atoms with Crippen molar-refractivity contribution in [3.8, 4) is 16.9 Å². The largest absolute Gasteiger partial charge is 0.493 e. The number of anilines is 1. The highest BCUT2D eigenvalue weighted by Gasteiger charge is 2.19. The Labute approximate surface area is 202 Å². The van der Waals surface area contributed by atoms with Crippen LogP contribution in [-0.4, -0.2) is 18.4 Å². The van der Waals surface area contributed by atoms with Crippen molar-refractivity contribution in [2.75, 3.05) is 11.9 Å². The summed E-state index contributed by atoms with van der Waals surface area (Å²) < 4.78 is 25.2. The van der Waals surface area contributed by atoms with E-state index in [1.807, 2.05) is 26.8 Å². The Hall–Kier alpha value is -4.39. The Balaban J connectivity index is 1.75. The van der Waals surface area contributed by atoms with Gasteiger partial charge in [-0.25, -0.2) is 4.39 Å². The van der Waals surface area contributed by atoms with Crippen LogP contribution < -0.4 is 15.8 Å². The van der Waals surface area contributed by atoms with Crippen LogP contribution in [0.15, 0.2) is 71.4 Å². The van der Waals surface area contributed by atoms with Crippen LogP contribution in [0.25, 0.3) is 27.7 Å². The maximum absolute atomic E-state index is 13.4. The van der Waals surface area contributed by atoms with E-state index in [9.17, 15) is 14.0 Å². The van der Waals surface area contributed by atoms with Gasteiger partial charge in [0.2, 0.25) is 11.8 Å². The monoisotopic (exact) mass is 472 g/mol. The zero-order valence-corrected chi connectivity index (χ0v) is 19.6. The number of carbonyl (C=O) groups is 2. The Morgan fingerprint density at radius 1 is 1.14 bits per heavy atom. The number of furan rings is 1. The molecule has 0 bridgehead atoms. The Kier molecular flexibility index (Phi) is 6.68. The molecule has 0 atom stereocenters. The number of nitrogens with one attached hydrogen (secondary N) is 1. The summed E-state index contributed by atoms with van der Waals surface area (Å²) in [6, 6.07) is 14.5. The number of aryl methyl sites for hydroxylation is 1. The molecule has 0 aliphatic rings. The van der Waals surface area contributed by atoms with Crippen LogP contribution in [0.2, 0.25) is 0 Å². The normalized spacial score (nSPS) is 11.5. The smallest absolute Gasteiger partial charge is 0.248 e. The van der Waals surface area contributed by atoms with E-state index < -0.39 is 5.91 Å². The first-order valence-electron chi connectivity index (χ1n) is 11.1. The van der Waals surface area contributed by atoms with E-state index in [-0.39, 0.29) is 11.7 Å². The lowest BCUT2D eigenvalue weighted by Gasteiger charge is -2.15. The molecule has 0 unspecified atom stereocenters. The number of allylic oxidation sites excluding steroid dienone is 1. The Morgan fingerprint density at radius 2 is 1.89 bits per heavy atom. The molecule has 0 saturated heterocycles. The lowest BCUT2D eigenvalue weighted by atomic mass is 9.96. The fraction of sp³-hybridized carbons (Fsp3) is 0.143. The highest BCUT2D eigenvalue weighted by Crippen LogP contribution is 2.40. The van der Waals surface area contributed by atoms with Gasteiger partial charge in [-0.15, -0.1) is 0 Å². The quantitative estimate of drug-likeness (QED) is 0.318. The van der Waals surface area contributed by atoms with Crippen LogP contribution in [0, 0.1) is 12.7 Å². The second-order valence-electron chi connectivity index (χ2n) is 8.11. The molecule has 0 aliphatic heterocycles. The maximum Gasteiger partial charge on any atom is 0.248 e. The molecule has 0 saturated carbocycles. The van der Waals surface area contributed by atoms with Crippen LogP contribution in [-0.2, 0) is 4.79 Å². The summed E-state index contributed by atoms with van der Waals surface area (Å²) in [6.07, 6.45) is 3.11. The molecule has 178 valence electrons. The van der Waals surface area contributed by atoms with E-state index in [0.29, 0.717) is 34.8 Å². The van der Waals surface area contributed by atoms with Gasteiger partial charge in [-0.2, -0.15) is 0 Å². The van der Waals surface area contributed by atoms with Crippen molar-refractivity contribution < 1.29 is 23.1 Å². The van der Waals surface area contributed by atoms with E-state index in [2.05, 4.69) is 5.32 Å². The van der Waals surface area contributed by atoms with Gasteiger partial charge in [0, 0.05) is 39.4 Å². The highest BCUT2D eigenvalue weighted by atomic mass is 19.1. The number of hydrogen-bond acceptors (Lipinski definition) is 4. The third-order valence-corrected chi connectivity index (χ3v) is 5.67. The van der Waals surface area contributed by atoms with E-state index in [1.54, 1.807) is 36.6 Å². The molecule has 35 heavy (non-hydrogen) atoms. The number of nitrogens with two attached hydrogens (primary N) is 1. The predicted molar refractivity (Wildman–Crippen MR) is 135 cm³/mol. The van der Waals surface area contributed by atoms with Crippen molar-refractivity contribution in [1.82, 2.24) is 0 Å². The van der Waals surface area contributed by atoms with Gasteiger partial charge in [0.05, 0.1) is 12.9 Å².